The largest absolute Gasteiger partial charge is 0.426 e. The summed E-state index contributed by atoms with van der Waals surface area (Å²) in [5, 5.41) is 0. The second-order valence-corrected chi connectivity index (χ2v) is 3.05. The molecule has 2 N–H and O–H groups in total. The van der Waals surface area contributed by atoms with Crippen LogP contribution in [0.2, 0.25) is 0 Å². The van der Waals surface area contributed by atoms with Crippen molar-refractivity contribution in [2.24, 2.45) is 5.73 Å². The van der Waals surface area contributed by atoms with Gasteiger partial charge in [0.05, 0.1) is 6.54 Å². The highest BCUT2D eigenvalue weighted by Gasteiger charge is 2.00. The number of ether oxygens (including phenoxy) is 1. The van der Waals surface area contributed by atoms with E-state index < -0.39 is 5.97 Å². The van der Waals surface area contributed by atoms with Crippen molar-refractivity contribution in [2.75, 3.05) is 6.54 Å². The quantitative estimate of drug-likeness (QED) is 0.615. The Hall–Kier alpha value is -0.870. The third-order valence-corrected chi connectivity index (χ3v) is 1.69. The smallest absolute Gasteiger partial charge is 0.325 e. The first kappa shape index (κ1) is 9.22. The zero-order valence-corrected chi connectivity index (χ0v) is 7.87. The minimum atomic E-state index is -0.437. The van der Waals surface area contributed by atoms with Crippen molar-refractivity contribution in [2.45, 2.75) is 0 Å². The van der Waals surface area contributed by atoms with Gasteiger partial charge in [-0.05, 0) is 18.2 Å². The Bertz CT molecular complexity index is 288. The summed E-state index contributed by atoms with van der Waals surface area (Å²) in [7, 11) is 0. The van der Waals surface area contributed by atoms with E-state index in [-0.39, 0.29) is 6.54 Å². The molecule has 0 aliphatic carbocycles. The maximum absolute atomic E-state index is 10.7. The molecule has 0 spiro atoms. The van der Waals surface area contributed by atoms with Gasteiger partial charge in [-0.15, -0.1) is 0 Å². The summed E-state index contributed by atoms with van der Waals surface area (Å²) in [6.07, 6.45) is 0. The number of nitrogens with two attached hydrogens (primary N) is 1. The maximum atomic E-state index is 10.7. The average molecular weight is 230 g/mol. The predicted octanol–water partition coefficient (Wildman–Crippen LogP) is 1.31. The molecule has 4 heteroatoms. The third kappa shape index (κ3) is 2.64. The lowest BCUT2D eigenvalue weighted by Gasteiger charge is -2.01. The number of halogens is 1. The van der Waals surface area contributed by atoms with E-state index in [1.807, 2.05) is 6.07 Å². The molecule has 0 aliphatic heterocycles. The van der Waals surface area contributed by atoms with E-state index in [9.17, 15) is 4.79 Å². The third-order valence-electron chi connectivity index (χ3n) is 1.19. The second kappa shape index (κ2) is 4.23. The SMILES string of the molecule is NCC(=O)Oc1cccc(Br)c1. The molecule has 0 aromatic heterocycles. The summed E-state index contributed by atoms with van der Waals surface area (Å²) < 4.78 is 5.72. The van der Waals surface area contributed by atoms with Crippen LogP contribution in [0.4, 0.5) is 0 Å². The summed E-state index contributed by atoms with van der Waals surface area (Å²) in [5.41, 5.74) is 5.07. The van der Waals surface area contributed by atoms with Crippen LogP contribution in [0.3, 0.4) is 0 Å². The summed E-state index contributed by atoms with van der Waals surface area (Å²) in [6.45, 7) is -0.105. The number of benzene rings is 1. The fourth-order valence-corrected chi connectivity index (χ4v) is 1.08. The van der Waals surface area contributed by atoms with Crippen LogP contribution < -0.4 is 10.5 Å². The van der Waals surface area contributed by atoms with E-state index in [4.69, 9.17) is 10.5 Å². The first-order valence-electron chi connectivity index (χ1n) is 3.38. The van der Waals surface area contributed by atoms with Crippen LogP contribution in [-0.4, -0.2) is 12.5 Å². The number of carbonyl (C=O) groups excluding carboxylic acids is 1. The Balaban J connectivity index is 2.69. The van der Waals surface area contributed by atoms with Gasteiger partial charge in [0, 0.05) is 4.47 Å². The van der Waals surface area contributed by atoms with Gasteiger partial charge < -0.3 is 10.5 Å². The van der Waals surface area contributed by atoms with Crippen LogP contribution in [0.25, 0.3) is 0 Å². The van der Waals surface area contributed by atoms with Gasteiger partial charge in [-0.1, -0.05) is 22.0 Å². The van der Waals surface area contributed by atoms with Crippen molar-refractivity contribution in [1.82, 2.24) is 0 Å². The summed E-state index contributed by atoms with van der Waals surface area (Å²) in [5.74, 6) is 0.0629. The van der Waals surface area contributed by atoms with Gasteiger partial charge in [-0.3, -0.25) is 4.79 Å². The van der Waals surface area contributed by atoms with Crippen LogP contribution in [0.5, 0.6) is 5.75 Å². The minimum absolute atomic E-state index is 0.105. The topological polar surface area (TPSA) is 52.3 Å². The molecule has 3 nitrogen and oxygen atoms in total. The molecule has 0 saturated carbocycles. The van der Waals surface area contributed by atoms with Crippen molar-refractivity contribution in [3.05, 3.63) is 28.7 Å². The Kier molecular flexibility index (Phi) is 3.25. The molecule has 0 saturated heterocycles. The fraction of sp³-hybridized carbons (Fsp3) is 0.125. The van der Waals surface area contributed by atoms with Gasteiger partial charge in [-0.2, -0.15) is 0 Å². The summed E-state index contributed by atoms with van der Waals surface area (Å²) in [4.78, 5) is 10.7. The normalized spacial score (nSPS) is 9.50. The van der Waals surface area contributed by atoms with Crippen LogP contribution in [0.15, 0.2) is 28.7 Å². The van der Waals surface area contributed by atoms with E-state index in [1.165, 1.54) is 0 Å². The molecule has 1 rings (SSSR count). The molecule has 12 heavy (non-hydrogen) atoms. The van der Waals surface area contributed by atoms with E-state index >= 15 is 0 Å². The van der Waals surface area contributed by atoms with Gasteiger partial charge in [0.2, 0.25) is 0 Å². The Morgan fingerprint density at radius 2 is 2.33 bits per heavy atom. The lowest BCUT2D eigenvalue weighted by atomic mass is 10.3. The van der Waals surface area contributed by atoms with Gasteiger partial charge in [0.25, 0.3) is 0 Å². The van der Waals surface area contributed by atoms with Gasteiger partial charge >= 0.3 is 5.97 Å². The number of carbonyl (C=O) groups is 1. The number of hydrogen-bond acceptors (Lipinski definition) is 3. The standard InChI is InChI=1S/C8H8BrNO2/c9-6-2-1-3-7(4-6)12-8(11)5-10/h1-4H,5,10H2. The van der Waals surface area contributed by atoms with Crippen molar-refractivity contribution < 1.29 is 9.53 Å². The second-order valence-electron chi connectivity index (χ2n) is 2.14. The fourth-order valence-electron chi connectivity index (χ4n) is 0.704. The minimum Gasteiger partial charge on any atom is -0.426 e. The van der Waals surface area contributed by atoms with Crippen LogP contribution in [0.1, 0.15) is 0 Å². The first-order chi connectivity index (χ1) is 5.72. The van der Waals surface area contributed by atoms with Crippen molar-refractivity contribution >= 4 is 21.9 Å². The number of hydrogen-bond donors (Lipinski definition) is 1. The molecule has 0 heterocycles. The van der Waals surface area contributed by atoms with Crippen LogP contribution >= 0.6 is 15.9 Å². The Morgan fingerprint density at radius 3 is 2.92 bits per heavy atom. The van der Waals surface area contributed by atoms with E-state index in [0.717, 1.165) is 4.47 Å². The molecule has 0 unspecified atom stereocenters. The zero-order chi connectivity index (χ0) is 8.97. The average Bonchev–Trinajstić information content (AvgIpc) is 2.04. The molecule has 64 valence electrons. The first-order valence-corrected chi connectivity index (χ1v) is 4.18. The molecule has 0 aliphatic rings. The highest BCUT2D eigenvalue weighted by atomic mass is 79.9. The monoisotopic (exact) mass is 229 g/mol. The van der Waals surface area contributed by atoms with Gasteiger partial charge in [0.1, 0.15) is 5.75 Å². The van der Waals surface area contributed by atoms with Crippen LogP contribution in [-0.2, 0) is 4.79 Å². The lowest BCUT2D eigenvalue weighted by molar-refractivity contribution is -0.132. The molecule has 1 aromatic rings. The molecule has 0 amide bonds. The van der Waals surface area contributed by atoms with E-state index in [1.54, 1.807) is 18.2 Å². The Labute approximate surface area is 78.6 Å². The van der Waals surface area contributed by atoms with E-state index in [2.05, 4.69) is 15.9 Å². The molecule has 1 aromatic carbocycles. The highest BCUT2D eigenvalue weighted by molar-refractivity contribution is 9.10. The number of rotatable bonds is 2. The van der Waals surface area contributed by atoms with Crippen LogP contribution in [0, 0.1) is 0 Å². The molecule has 0 fully saturated rings. The predicted molar refractivity (Wildman–Crippen MR) is 48.8 cm³/mol. The Morgan fingerprint density at radius 1 is 1.58 bits per heavy atom. The van der Waals surface area contributed by atoms with Crippen molar-refractivity contribution in [3.63, 3.8) is 0 Å². The van der Waals surface area contributed by atoms with Gasteiger partial charge in [-0.25, -0.2) is 0 Å². The van der Waals surface area contributed by atoms with Crippen molar-refractivity contribution in [3.8, 4) is 5.75 Å². The highest BCUT2D eigenvalue weighted by Crippen LogP contribution is 2.17. The maximum Gasteiger partial charge on any atom is 0.325 e. The summed E-state index contributed by atoms with van der Waals surface area (Å²) in [6, 6.07) is 7.02. The molecule has 0 bridgehead atoms. The molecular formula is C8H8BrNO2. The summed E-state index contributed by atoms with van der Waals surface area (Å²) >= 11 is 3.25. The molecule has 0 radical (unpaired) electrons. The van der Waals surface area contributed by atoms with Crippen molar-refractivity contribution in [1.29, 1.82) is 0 Å². The zero-order valence-electron chi connectivity index (χ0n) is 6.29. The van der Waals surface area contributed by atoms with E-state index in [0.29, 0.717) is 5.75 Å². The molecular weight excluding hydrogens is 222 g/mol. The van der Waals surface area contributed by atoms with Gasteiger partial charge in [0.15, 0.2) is 0 Å². The number of esters is 1. The lowest BCUT2D eigenvalue weighted by Crippen LogP contribution is -2.19. The molecule has 0 atom stereocenters.